The van der Waals surface area contributed by atoms with E-state index in [0.29, 0.717) is 16.6 Å². The Bertz CT molecular complexity index is 933. The van der Waals surface area contributed by atoms with Gasteiger partial charge in [0.25, 0.3) is 0 Å². The third-order valence-corrected chi connectivity index (χ3v) is 5.16. The molecule has 1 aliphatic heterocycles. The summed E-state index contributed by atoms with van der Waals surface area (Å²) in [5.41, 5.74) is 2.88. The van der Waals surface area contributed by atoms with Crippen molar-refractivity contribution in [1.82, 2.24) is 19.9 Å². The van der Waals surface area contributed by atoms with Crippen molar-refractivity contribution in [3.05, 3.63) is 46.1 Å². The molecule has 0 amide bonds. The number of nitrogens with one attached hydrogen (secondary N) is 2. The lowest BCUT2D eigenvalue weighted by molar-refractivity contribution is 0.580. The van der Waals surface area contributed by atoms with Crippen LogP contribution in [0.2, 0.25) is 10.0 Å². The van der Waals surface area contributed by atoms with Gasteiger partial charge in [-0.2, -0.15) is 4.98 Å². The number of anilines is 2. The number of rotatable bonds is 4. The van der Waals surface area contributed by atoms with Crippen LogP contribution >= 0.6 is 23.2 Å². The van der Waals surface area contributed by atoms with Crippen molar-refractivity contribution in [2.24, 2.45) is 7.05 Å². The first-order valence-electron chi connectivity index (χ1n) is 8.58. The van der Waals surface area contributed by atoms with Crippen LogP contribution in [0.4, 0.5) is 11.8 Å². The Balaban J connectivity index is 1.66. The zero-order chi connectivity index (χ0) is 18.1. The van der Waals surface area contributed by atoms with Gasteiger partial charge < -0.3 is 20.1 Å². The van der Waals surface area contributed by atoms with E-state index in [0.717, 1.165) is 54.5 Å². The zero-order valence-electron chi connectivity index (χ0n) is 14.5. The monoisotopic (exact) mass is 390 g/mol. The minimum Gasteiger partial charge on any atom is -0.364 e. The van der Waals surface area contributed by atoms with Crippen molar-refractivity contribution in [2.75, 3.05) is 36.4 Å². The lowest BCUT2D eigenvalue weighted by Gasteiger charge is -2.27. The molecular formula is C18H20Cl2N6. The molecule has 1 aliphatic rings. The average Bonchev–Trinajstić information content (AvgIpc) is 3.03. The summed E-state index contributed by atoms with van der Waals surface area (Å²) in [4.78, 5) is 11.8. The normalized spacial score (nSPS) is 14.8. The van der Waals surface area contributed by atoms with E-state index in [-0.39, 0.29) is 0 Å². The molecule has 8 heteroatoms. The first kappa shape index (κ1) is 17.4. The van der Waals surface area contributed by atoms with Crippen LogP contribution in [0.25, 0.3) is 11.0 Å². The summed E-state index contributed by atoms with van der Waals surface area (Å²) in [6.45, 7) is 4.26. The predicted octanol–water partition coefficient (Wildman–Crippen LogP) is 3.30. The molecular weight excluding hydrogens is 371 g/mol. The van der Waals surface area contributed by atoms with Gasteiger partial charge in [-0.05, 0) is 23.8 Å². The highest BCUT2D eigenvalue weighted by atomic mass is 35.5. The number of aromatic nitrogens is 3. The third kappa shape index (κ3) is 3.45. The highest BCUT2D eigenvalue weighted by Gasteiger charge is 2.17. The van der Waals surface area contributed by atoms with Crippen LogP contribution in [0.15, 0.2) is 30.5 Å². The Kier molecular flexibility index (Phi) is 4.89. The number of hydrogen-bond acceptors (Lipinski definition) is 5. The van der Waals surface area contributed by atoms with Crippen molar-refractivity contribution in [3.8, 4) is 0 Å². The second-order valence-corrected chi connectivity index (χ2v) is 7.20. The molecule has 0 saturated carbocycles. The summed E-state index contributed by atoms with van der Waals surface area (Å²) < 4.78 is 2.03. The SMILES string of the molecule is Cn1ccc2nc(N3CCNCC3)nc(NCc3ccc(Cl)cc3Cl)c21. The van der Waals surface area contributed by atoms with Crippen LogP contribution in [0.1, 0.15) is 5.56 Å². The molecule has 0 unspecified atom stereocenters. The van der Waals surface area contributed by atoms with Gasteiger partial charge in [0.1, 0.15) is 5.52 Å². The van der Waals surface area contributed by atoms with Crippen LogP contribution in [0.3, 0.4) is 0 Å². The van der Waals surface area contributed by atoms with Gasteiger partial charge >= 0.3 is 0 Å². The molecule has 1 saturated heterocycles. The minimum absolute atomic E-state index is 0.564. The highest BCUT2D eigenvalue weighted by Crippen LogP contribution is 2.26. The Morgan fingerprint density at radius 1 is 1.15 bits per heavy atom. The molecule has 0 bridgehead atoms. The number of benzene rings is 1. The maximum Gasteiger partial charge on any atom is 0.228 e. The number of nitrogens with zero attached hydrogens (tertiary/aromatic N) is 4. The maximum absolute atomic E-state index is 6.30. The fourth-order valence-corrected chi connectivity index (χ4v) is 3.63. The summed E-state index contributed by atoms with van der Waals surface area (Å²) in [5, 5.41) is 8.06. The predicted molar refractivity (Wildman–Crippen MR) is 107 cm³/mol. The number of fused-ring (bicyclic) bond motifs is 1. The van der Waals surface area contributed by atoms with Gasteiger partial charge in [-0.25, -0.2) is 4.98 Å². The number of hydrogen-bond donors (Lipinski definition) is 2. The lowest BCUT2D eigenvalue weighted by atomic mass is 10.2. The molecule has 2 aromatic heterocycles. The van der Waals surface area contributed by atoms with Crippen molar-refractivity contribution >= 4 is 46.0 Å². The van der Waals surface area contributed by atoms with Crippen LogP contribution in [0, 0.1) is 0 Å². The molecule has 4 rings (SSSR count). The summed E-state index contributed by atoms with van der Waals surface area (Å²) >= 11 is 12.3. The Morgan fingerprint density at radius 2 is 1.96 bits per heavy atom. The van der Waals surface area contributed by atoms with Gasteiger partial charge in [-0.1, -0.05) is 29.3 Å². The van der Waals surface area contributed by atoms with Crippen molar-refractivity contribution in [1.29, 1.82) is 0 Å². The van der Waals surface area contributed by atoms with E-state index >= 15 is 0 Å². The Labute approximate surface area is 162 Å². The fraction of sp³-hybridized carbons (Fsp3) is 0.333. The van der Waals surface area contributed by atoms with Crippen molar-refractivity contribution in [3.63, 3.8) is 0 Å². The molecule has 136 valence electrons. The van der Waals surface area contributed by atoms with E-state index in [2.05, 4.69) is 15.5 Å². The zero-order valence-corrected chi connectivity index (χ0v) is 16.0. The van der Waals surface area contributed by atoms with Gasteiger partial charge in [0, 0.05) is 56.0 Å². The lowest BCUT2D eigenvalue weighted by Crippen LogP contribution is -2.44. The first-order valence-corrected chi connectivity index (χ1v) is 9.34. The second kappa shape index (κ2) is 7.31. The molecule has 3 heterocycles. The molecule has 1 fully saturated rings. The standard InChI is InChI=1S/C18H20Cl2N6/c1-25-7-4-15-16(25)17(22-11-12-2-3-13(19)10-14(12)20)24-18(23-15)26-8-5-21-6-9-26/h2-4,7,10,21H,5-6,8-9,11H2,1H3,(H,22,23,24). The average molecular weight is 391 g/mol. The van der Waals surface area contributed by atoms with E-state index in [1.54, 1.807) is 6.07 Å². The minimum atomic E-state index is 0.564. The topological polar surface area (TPSA) is 58.0 Å². The summed E-state index contributed by atoms with van der Waals surface area (Å²) in [7, 11) is 2.00. The highest BCUT2D eigenvalue weighted by molar-refractivity contribution is 6.35. The molecule has 6 nitrogen and oxygen atoms in total. The largest absolute Gasteiger partial charge is 0.364 e. The Morgan fingerprint density at radius 3 is 2.73 bits per heavy atom. The van der Waals surface area contributed by atoms with Crippen LogP contribution < -0.4 is 15.5 Å². The smallest absolute Gasteiger partial charge is 0.228 e. The van der Waals surface area contributed by atoms with Crippen LogP contribution in [-0.4, -0.2) is 40.7 Å². The number of aryl methyl sites for hydroxylation is 1. The van der Waals surface area contributed by atoms with E-state index in [9.17, 15) is 0 Å². The van der Waals surface area contributed by atoms with E-state index < -0.39 is 0 Å². The molecule has 1 aromatic carbocycles. The molecule has 0 radical (unpaired) electrons. The molecule has 0 atom stereocenters. The first-order chi connectivity index (χ1) is 12.6. The van der Waals surface area contributed by atoms with E-state index in [4.69, 9.17) is 33.2 Å². The van der Waals surface area contributed by atoms with E-state index in [1.807, 2.05) is 36.0 Å². The number of halogens is 2. The fourth-order valence-electron chi connectivity index (χ4n) is 3.15. The third-order valence-electron chi connectivity index (χ3n) is 4.57. The summed E-state index contributed by atoms with van der Waals surface area (Å²) in [6, 6.07) is 7.54. The van der Waals surface area contributed by atoms with Gasteiger partial charge in [0.15, 0.2) is 5.82 Å². The molecule has 3 aromatic rings. The second-order valence-electron chi connectivity index (χ2n) is 6.36. The van der Waals surface area contributed by atoms with E-state index in [1.165, 1.54) is 0 Å². The molecule has 0 aliphatic carbocycles. The molecule has 2 N–H and O–H groups in total. The quantitative estimate of drug-likeness (QED) is 0.715. The van der Waals surface area contributed by atoms with Crippen LogP contribution in [-0.2, 0) is 13.6 Å². The Hall–Kier alpha value is -2.02. The summed E-state index contributed by atoms with van der Waals surface area (Å²) in [5.74, 6) is 1.57. The number of piperazine rings is 1. The van der Waals surface area contributed by atoms with Crippen LogP contribution in [0.5, 0.6) is 0 Å². The maximum atomic E-state index is 6.30. The van der Waals surface area contributed by atoms with Crippen molar-refractivity contribution in [2.45, 2.75) is 6.54 Å². The van der Waals surface area contributed by atoms with Gasteiger partial charge in [0.05, 0.1) is 5.52 Å². The molecule has 26 heavy (non-hydrogen) atoms. The van der Waals surface area contributed by atoms with Gasteiger partial charge in [-0.3, -0.25) is 0 Å². The molecule has 0 spiro atoms. The van der Waals surface area contributed by atoms with Gasteiger partial charge in [0.2, 0.25) is 5.95 Å². The van der Waals surface area contributed by atoms with Gasteiger partial charge in [-0.15, -0.1) is 0 Å². The summed E-state index contributed by atoms with van der Waals surface area (Å²) in [6.07, 6.45) is 2.00. The van der Waals surface area contributed by atoms with Crippen molar-refractivity contribution < 1.29 is 0 Å².